The lowest BCUT2D eigenvalue weighted by molar-refractivity contribution is -0.136. The van der Waals surface area contributed by atoms with Gasteiger partial charge in [0.2, 0.25) is 0 Å². The first-order valence-electron chi connectivity index (χ1n) is 9.27. The Morgan fingerprint density at radius 3 is 1.96 bits per heavy atom. The summed E-state index contributed by atoms with van der Waals surface area (Å²) in [5.41, 5.74) is 0. The third-order valence-corrected chi connectivity index (χ3v) is 3.45. The van der Waals surface area contributed by atoms with Gasteiger partial charge in [0.25, 0.3) is 0 Å². The molecule has 0 rings (SSSR count). The number of hydrogen-bond acceptors (Lipinski definition) is 1. The molecule has 134 valence electrons. The van der Waals surface area contributed by atoms with Crippen molar-refractivity contribution >= 4 is 5.97 Å². The van der Waals surface area contributed by atoms with Crippen LogP contribution in [0.3, 0.4) is 0 Å². The second kappa shape index (κ2) is 19.2. The van der Waals surface area contributed by atoms with Gasteiger partial charge in [-0.15, -0.1) is 0 Å². The first-order chi connectivity index (χ1) is 11.8. The molecule has 0 aliphatic carbocycles. The molecule has 0 aromatic heterocycles. The van der Waals surface area contributed by atoms with Crippen molar-refractivity contribution in [1.29, 1.82) is 0 Å². The molecule has 0 aromatic rings. The van der Waals surface area contributed by atoms with Crippen molar-refractivity contribution in [2.45, 2.75) is 71.1 Å². The lowest BCUT2D eigenvalue weighted by Gasteiger charge is -1.92. The van der Waals surface area contributed by atoms with Gasteiger partial charge in [-0.2, -0.15) is 0 Å². The molecule has 0 atom stereocenters. The zero-order valence-corrected chi connectivity index (χ0v) is 15.2. The van der Waals surface area contributed by atoms with E-state index in [-0.39, 0.29) is 6.42 Å². The summed E-state index contributed by atoms with van der Waals surface area (Å²) in [5.74, 6) is -0.735. The van der Waals surface area contributed by atoms with Crippen LogP contribution in [-0.2, 0) is 4.79 Å². The lowest BCUT2D eigenvalue weighted by atomic mass is 10.1. The van der Waals surface area contributed by atoms with Crippen molar-refractivity contribution in [2.75, 3.05) is 0 Å². The molecule has 0 saturated carbocycles. The number of carbonyl (C=O) groups is 1. The van der Waals surface area contributed by atoms with Crippen molar-refractivity contribution in [2.24, 2.45) is 0 Å². The minimum absolute atomic E-state index is 0.219. The van der Waals surface area contributed by atoms with Crippen LogP contribution >= 0.6 is 0 Å². The lowest BCUT2D eigenvalue weighted by Crippen LogP contribution is -1.91. The van der Waals surface area contributed by atoms with Crippen LogP contribution in [0.4, 0.5) is 0 Å². The molecule has 0 fully saturated rings. The summed E-state index contributed by atoms with van der Waals surface area (Å²) >= 11 is 0. The van der Waals surface area contributed by atoms with Crippen LogP contribution in [0, 0.1) is 0 Å². The third-order valence-electron chi connectivity index (χ3n) is 3.45. The van der Waals surface area contributed by atoms with Crippen LogP contribution in [0.2, 0.25) is 0 Å². The Labute approximate surface area is 148 Å². The summed E-state index contributed by atoms with van der Waals surface area (Å²) in [6, 6.07) is 0. The maximum absolute atomic E-state index is 10.3. The molecule has 0 heterocycles. The molecular weight excluding hydrogens is 296 g/mol. The smallest absolute Gasteiger partial charge is 0.303 e. The van der Waals surface area contributed by atoms with E-state index in [1.807, 2.05) is 12.2 Å². The highest BCUT2D eigenvalue weighted by atomic mass is 16.4. The van der Waals surface area contributed by atoms with Gasteiger partial charge < -0.3 is 5.11 Å². The second-order valence-corrected chi connectivity index (χ2v) is 5.78. The van der Waals surface area contributed by atoms with Gasteiger partial charge in [-0.25, -0.2) is 0 Å². The van der Waals surface area contributed by atoms with Gasteiger partial charge in [0.05, 0.1) is 0 Å². The number of rotatable bonds is 15. The first-order valence-corrected chi connectivity index (χ1v) is 9.27. The number of hydrogen-bond donors (Lipinski definition) is 1. The summed E-state index contributed by atoms with van der Waals surface area (Å²) in [4.78, 5) is 10.3. The highest BCUT2D eigenvalue weighted by Crippen LogP contribution is 2.03. The number of unbranched alkanes of at least 4 members (excludes halogenated alkanes) is 5. The summed E-state index contributed by atoms with van der Waals surface area (Å²) in [6.45, 7) is 2.24. The molecular formula is C22H34O2. The van der Waals surface area contributed by atoms with Crippen LogP contribution in [0.1, 0.15) is 71.1 Å². The van der Waals surface area contributed by atoms with Crippen molar-refractivity contribution in [3.8, 4) is 0 Å². The van der Waals surface area contributed by atoms with Crippen LogP contribution in [0.25, 0.3) is 0 Å². The molecule has 0 aliphatic rings. The molecule has 1 N–H and O–H groups in total. The van der Waals surface area contributed by atoms with Crippen molar-refractivity contribution in [3.05, 3.63) is 60.8 Å². The van der Waals surface area contributed by atoms with E-state index in [1.165, 1.54) is 32.1 Å². The van der Waals surface area contributed by atoms with Crippen LogP contribution in [0.15, 0.2) is 60.8 Å². The van der Waals surface area contributed by atoms with Crippen molar-refractivity contribution < 1.29 is 9.90 Å². The summed E-state index contributed by atoms with van der Waals surface area (Å²) in [7, 11) is 0. The molecule has 0 saturated heterocycles. The van der Waals surface area contributed by atoms with Gasteiger partial charge >= 0.3 is 5.97 Å². The predicted molar refractivity (Wildman–Crippen MR) is 105 cm³/mol. The monoisotopic (exact) mass is 330 g/mol. The molecule has 0 aliphatic heterocycles. The van der Waals surface area contributed by atoms with Gasteiger partial charge in [-0.1, -0.05) is 86.9 Å². The predicted octanol–water partition coefficient (Wildman–Crippen LogP) is 6.77. The fraction of sp³-hybridized carbons (Fsp3) is 0.500. The molecule has 0 amide bonds. The number of allylic oxidation sites excluding steroid dienone is 10. The SMILES string of the molecule is CCCCCCC=CC=CCC=CC=CCCC=CCCC(=O)O. The van der Waals surface area contributed by atoms with Gasteiger partial charge in [0, 0.05) is 6.42 Å². The Hall–Kier alpha value is -1.83. The van der Waals surface area contributed by atoms with Crippen molar-refractivity contribution in [3.63, 3.8) is 0 Å². The van der Waals surface area contributed by atoms with E-state index < -0.39 is 5.97 Å². The maximum Gasteiger partial charge on any atom is 0.303 e. The van der Waals surface area contributed by atoms with E-state index in [4.69, 9.17) is 5.11 Å². The van der Waals surface area contributed by atoms with E-state index in [0.29, 0.717) is 6.42 Å². The number of carboxylic acid groups (broad SMARTS) is 1. The van der Waals surface area contributed by atoms with E-state index >= 15 is 0 Å². The first kappa shape index (κ1) is 22.2. The Kier molecular flexibility index (Phi) is 17.8. The normalized spacial score (nSPS) is 12.7. The Morgan fingerprint density at radius 2 is 1.29 bits per heavy atom. The standard InChI is InChI=1S/C22H34O2/c1-2-3-4-5-6-7-8-9-10-11-12-13-14-15-16-17-18-19-20-21-22(23)24/h7-10,12-15,18-19H,2-6,11,16-17,20-21H2,1H3,(H,23,24). The molecule has 2 heteroatoms. The zero-order chi connectivity index (χ0) is 17.7. The third kappa shape index (κ3) is 20.2. The fourth-order valence-corrected chi connectivity index (χ4v) is 2.07. The second-order valence-electron chi connectivity index (χ2n) is 5.78. The Balaban J connectivity index is 3.49. The Morgan fingerprint density at radius 1 is 0.708 bits per heavy atom. The largest absolute Gasteiger partial charge is 0.481 e. The minimum Gasteiger partial charge on any atom is -0.481 e. The highest BCUT2D eigenvalue weighted by Gasteiger charge is 1.90. The van der Waals surface area contributed by atoms with E-state index in [2.05, 4.69) is 55.5 Å². The fourth-order valence-electron chi connectivity index (χ4n) is 2.07. The molecule has 24 heavy (non-hydrogen) atoms. The minimum atomic E-state index is -0.735. The molecule has 0 spiro atoms. The van der Waals surface area contributed by atoms with E-state index in [9.17, 15) is 4.79 Å². The highest BCUT2D eigenvalue weighted by molar-refractivity contribution is 5.66. The average molecular weight is 331 g/mol. The molecule has 0 bridgehead atoms. The summed E-state index contributed by atoms with van der Waals surface area (Å²) < 4.78 is 0. The van der Waals surface area contributed by atoms with Crippen LogP contribution in [0.5, 0.6) is 0 Å². The number of aliphatic carboxylic acids is 1. The Bertz CT molecular complexity index is 425. The summed E-state index contributed by atoms with van der Waals surface area (Å²) in [5, 5.41) is 8.50. The molecule has 2 nitrogen and oxygen atoms in total. The van der Waals surface area contributed by atoms with E-state index in [0.717, 1.165) is 19.3 Å². The van der Waals surface area contributed by atoms with Gasteiger partial charge in [0.15, 0.2) is 0 Å². The zero-order valence-electron chi connectivity index (χ0n) is 15.2. The quantitative estimate of drug-likeness (QED) is 0.204. The van der Waals surface area contributed by atoms with Gasteiger partial charge in [-0.3, -0.25) is 4.79 Å². The van der Waals surface area contributed by atoms with Crippen LogP contribution in [-0.4, -0.2) is 11.1 Å². The topological polar surface area (TPSA) is 37.3 Å². The average Bonchev–Trinajstić information content (AvgIpc) is 2.56. The van der Waals surface area contributed by atoms with E-state index in [1.54, 1.807) is 0 Å². The number of carboxylic acids is 1. The molecule has 0 radical (unpaired) electrons. The van der Waals surface area contributed by atoms with Crippen molar-refractivity contribution in [1.82, 2.24) is 0 Å². The maximum atomic E-state index is 10.3. The summed E-state index contributed by atoms with van der Waals surface area (Å²) in [6.07, 6.45) is 31.3. The van der Waals surface area contributed by atoms with Gasteiger partial charge in [-0.05, 0) is 38.5 Å². The van der Waals surface area contributed by atoms with Crippen LogP contribution < -0.4 is 0 Å². The molecule has 0 unspecified atom stereocenters. The molecule has 0 aromatic carbocycles. The van der Waals surface area contributed by atoms with Gasteiger partial charge in [0.1, 0.15) is 0 Å².